The summed E-state index contributed by atoms with van der Waals surface area (Å²) < 4.78 is 4.37. The summed E-state index contributed by atoms with van der Waals surface area (Å²) in [7, 11) is -2.78. The Kier molecular flexibility index (Phi) is 6.29. The van der Waals surface area contributed by atoms with E-state index in [1.165, 1.54) is 0 Å². The first kappa shape index (κ1) is 11.1. The zero-order valence-corrected chi connectivity index (χ0v) is 7.37. The summed E-state index contributed by atoms with van der Waals surface area (Å²) in [5.41, 5.74) is 0. The summed E-state index contributed by atoms with van der Waals surface area (Å²) in [5, 5.41) is 0. The maximum Gasteiger partial charge on any atom is 0.119 e. The maximum atomic E-state index is 9.98. The topological polar surface area (TPSA) is 55.3 Å². The fourth-order valence-electron chi connectivity index (χ4n) is 0.567. The predicted octanol–water partition coefficient (Wildman–Crippen LogP) is 0.815. The van der Waals surface area contributed by atoms with E-state index in [1.54, 1.807) is 30.3 Å². The molecule has 0 unspecified atom stereocenters. The first-order chi connectivity index (χ1) is 5.79. The van der Waals surface area contributed by atoms with Crippen LogP contribution in [0.1, 0.15) is 0 Å². The molecule has 0 radical (unpaired) electrons. The molecule has 0 bridgehead atoms. The largest absolute Gasteiger partial charge is 0.810 e. The second kappa shape index (κ2) is 6.80. The van der Waals surface area contributed by atoms with Crippen molar-refractivity contribution in [1.29, 1.82) is 0 Å². The number of hydrogen-bond donors (Lipinski definition) is 0. The third-order valence-corrected chi connectivity index (χ3v) is 1.28. The summed E-state index contributed by atoms with van der Waals surface area (Å²) >= 11 is 0. The van der Waals surface area contributed by atoms with Gasteiger partial charge in [-0.05, 0) is 12.1 Å². The molecule has 0 atom stereocenters. The molecule has 0 aliphatic carbocycles. The maximum absolute atomic E-state index is 9.98. The molecule has 1 aromatic carbocycles. The van der Waals surface area contributed by atoms with Crippen molar-refractivity contribution in [3.05, 3.63) is 43.5 Å². The van der Waals surface area contributed by atoms with Crippen molar-refractivity contribution < 1.29 is 14.3 Å². The Hall–Kier alpha value is -0.890. The smallest absolute Gasteiger partial charge is 0.119 e. The number of benzene rings is 1. The molecule has 12 heavy (non-hydrogen) atoms. The lowest BCUT2D eigenvalue weighted by Crippen LogP contribution is -2.12. The van der Waals surface area contributed by atoms with Crippen molar-refractivity contribution in [2.45, 2.75) is 0 Å². The minimum Gasteiger partial charge on any atom is -0.810 e. The zero-order chi connectivity index (χ0) is 9.40. The molecule has 0 spiro atoms. The quantitative estimate of drug-likeness (QED) is 0.505. The van der Waals surface area contributed by atoms with Gasteiger partial charge in [0.25, 0.3) is 0 Å². The lowest BCUT2D eigenvalue weighted by molar-refractivity contribution is -0.310. The Morgan fingerprint density at radius 3 is 2.00 bits per heavy atom. The Labute approximate surface area is 72.9 Å². The van der Waals surface area contributed by atoms with Crippen LogP contribution in [0.5, 0.6) is 5.75 Å². The van der Waals surface area contributed by atoms with Crippen LogP contribution < -0.4 is 14.3 Å². The second-order valence-electron chi connectivity index (χ2n) is 1.63. The van der Waals surface area contributed by atoms with Crippen molar-refractivity contribution >= 4 is 8.60 Å². The Morgan fingerprint density at radius 1 is 1.08 bits per heavy atom. The molecule has 0 aliphatic rings. The lowest BCUT2D eigenvalue weighted by atomic mass is 10.3. The molecule has 1 aromatic rings. The van der Waals surface area contributed by atoms with Gasteiger partial charge in [0.15, 0.2) is 0 Å². The molecule has 0 amide bonds. The van der Waals surface area contributed by atoms with Crippen LogP contribution in [0.4, 0.5) is 0 Å². The zero-order valence-electron chi connectivity index (χ0n) is 6.47. The van der Waals surface area contributed by atoms with E-state index in [4.69, 9.17) is 0 Å². The lowest BCUT2D eigenvalue weighted by Gasteiger charge is -2.29. The Balaban J connectivity index is 0.000000561. The summed E-state index contributed by atoms with van der Waals surface area (Å²) in [6.45, 7) is 6.00. The van der Waals surface area contributed by atoms with Gasteiger partial charge >= 0.3 is 0 Å². The molecule has 0 aliphatic heterocycles. The minimum atomic E-state index is -2.78. The highest BCUT2D eigenvalue weighted by Gasteiger charge is 1.84. The van der Waals surface area contributed by atoms with Crippen LogP contribution in [0.25, 0.3) is 0 Å². The second-order valence-corrected chi connectivity index (χ2v) is 2.26. The fraction of sp³-hybridized carbons (Fsp3) is 0. The molecule has 1 rings (SSSR count). The summed E-state index contributed by atoms with van der Waals surface area (Å²) in [4.78, 5) is 20.0. The third-order valence-electron chi connectivity index (χ3n) is 0.923. The molecule has 0 fully saturated rings. The van der Waals surface area contributed by atoms with E-state index < -0.39 is 8.60 Å². The van der Waals surface area contributed by atoms with Crippen molar-refractivity contribution in [1.82, 2.24) is 0 Å². The average molecular weight is 184 g/mol. The van der Waals surface area contributed by atoms with Gasteiger partial charge in [-0.25, -0.2) is 0 Å². The highest BCUT2D eigenvalue weighted by atomic mass is 31.2. The van der Waals surface area contributed by atoms with E-state index in [-0.39, 0.29) is 0 Å². The van der Waals surface area contributed by atoms with Gasteiger partial charge in [0.05, 0.1) is 0 Å². The van der Waals surface area contributed by atoms with Gasteiger partial charge in [0.2, 0.25) is 0 Å². The van der Waals surface area contributed by atoms with Gasteiger partial charge in [0, 0.05) is 0 Å². The van der Waals surface area contributed by atoms with Crippen molar-refractivity contribution in [2.24, 2.45) is 0 Å². The van der Waals surface area contributed by atoms with Crippen LogP contribution in [-0.4, -0.2) is 0 Å². The van der Waals surface area contributed by atoms with Crippen molar-refractivity contribution in [2.75, 3.05) is 0 Å². The number of rotatable bonds is 2. The third kappa shape index (κ3) is 4.85. The van der Waals surface area contributed by atoms with E-state index in [1.807, 2.05) is 0 Å². The summed E-state index contributed by atoms with van der Waals surface area (Å²) in [6, 6.07) is 8.34. The van der Waals surface area contributed by atoms with Gasteiger partial charge in [-0.2, -0.15) is 0 Å². The monoisotopic (exact) mass is 184 g/mol. The van der Waals surface area contributed by atoms with Crippen LogP contribution in [0.15, 0.2) is 43.5 Å². The van der Waals surface area contributed by atoms with E-state index >= 15 is 0 Å². The summed E-state index contributed by atoms with van der Waals surface area (Å²) in [5.74, 6) is 0.346. The molecule has 0 aromatic heterocycles. The molecular formula is C8H9O3P-2. The van der Waals surface area contributed by atoms with Crippen LogP contribution in [0.3, 0.4) is 0 Å². The van der Waals surface area contributed by atoms with E-state index in [0.29, 0.717) is 5.75 Å². The van der Waals surface area contributed by atoms with Gasteiger partial charge in [-0.3, -0.25) is 0 Å². The van der Waals surface area contributed by atoms with E-state index in [0.717, 1.165) is 0 Å². The van der Waals surface area contributed by atoms with Gasteiger partial charge < -0.3 is 14.3 Å². The molecule has 4 heteroatoms. The molecule has 0 N–H and O–H groups in total. The molecule has 3 nitrogen and oxygen atoms in total. The van der Waals surface area contributed by atoms with Crippen LogP contribution >= 0.6 is 8.60 Å². The molecular weight excluding hydrogens is 175 g/mol. The van der Waals surface area contributed by atoms with Crippen LogP contribution in [-0.2, 0) is 0 Å². The van der Waals surface area contributed by atoms with Gasteiger partial charge in [0.1, 0.15) is 5.75 Å². The normalized spacial score (nSPS) is 8.58. The van der Waals surface area contributed by atoms with Gasteiger partial charge in [-0.15, -0.1) is 13.2 Å². The Morgan fingerprint density at radius 2 is 1.58 bits per heavy atom. The Bertz CT molecular complexity index is 201. The number of hydrogen-bond acceptors (Lipinski definition) is 3. The van der Waals surface area contributed by atoms with E-state index in [9.17, 15) is 9.79 Å². The molecule has 66 valence electrons. The van der Waals surface area contributed by atoms with E-state index in [2.05, 4.69) is 17.7 Å². The SMILES string of the molecule is C=C.[O-]P([O-])Oc1ccccc1. The number of para-hydroxylation sites is 1. The molecule has 0 saturated carbocycles. The predicted molar refractivity (Wildman–Crippen MR) is 45.2 cm³/mol. The fourth-order valence-corrected chi connectivity index (χ4v) is 0.861. The molecule has 0 saturated heterocycles. The van der Waals surface area contributed by atoms with Crippen molar-refractivity contribution in [3.63, 3.8) is 0 Å². The summed E-state index contributed by atoms with van der Waals surface area (Å²) in [6.07, 6.45) is 0. The molecule has 0 heterocycles. The highest BCUT2D eigenvalue weighted by Crippen LogP contribution is 2.20. The highest BCUT2D eigenvalue weighted by molar-refractivity contribution is 7.36. The standard InChI is InChI=1S/C6H5O3P.C2H4/c7-10(8)9-6-4-2-1-3-5-6;1-2/h1-5H;1-2H2/q-2;. The first-order valence-electron chi connectivity index (χ1n) is 3.16. The minimum absolute atomic E-state index is 0.346. The average Bonchev–Trinajstić information content (AvgIpc) is 2.08. The van der Waals surface area contributed by atoms with Gasteiger partial charge in [-0.1, -0.05) is 26.8 Å². The van der Waals surface area contributed by atoms with Crippen LogP contribution in [0, 0.1) is 0 Å². The van der Waals surface area contributed by atoms with Crippen LogP contribution in [0.2, 0.25) is 0 Å². The van der Waals surface area contributed by atoms with Crippen molar-refractivity contribution in [3.8, 4) is 5.75 Å². The first-order valence-corrected chi connectivity index (χ1v) is 4.26.